The minimum atomic E-state index is -0.488. The Morgan fingerprint density at radius 1 is 1.04 bits per heavy atom. The summed E-state index contributed by atoms with van der Waals surface area (Å²) in [4.78, 5) is 12.5. The van der Waals surface area contributed by atoms with Crippen molar-refractivity contribution < 1.29 is 14.3 Å². The van der Waals surface area contributed by atoms with Crippen LogP contribution in [0.3, 0.4) is 0 Å². The van der Waals surface area contributed by atoms with Gasteiger partial charge in [0, 0.05) is 29.3 Å². The summed E-state index contributed by atoms with van der Waals surface area (Å²) in [6.45, 7) is 0. The minimum Gasteiger partial charge on any atom is -0.497 e. The molecule has 1 amide bonds. The molecular weight excluding hydrogens is 354 g/mol. The van der Waals surface area contributed by atoms with Gasteiger partial charge < -0.3 is 19.4 Å². The molecule has 0 aliphatic carbocycles. The molecule has 1 N–H and O–H groups in total. The summed E-state index contributed by atoms with van der Waals surface area (Å²) in [5, 5.41) is 12.2. The number of rotatable bonds is 6. The lowest BCUT2D eigenvalue weighted by molar-refractivity contribution is -0.112. The summed E-state index contributed by atoms with van der Waals surface area (Å²) >= 11 is 0. The van der Waals surface area contributed by atoms with Crippen molar-refractivity contribution in [3.63, 3.8) is 0 Å². The molecule has 3 aromatic rings. The predicted molar refractivity (Wildman–Crippen MR) is 108 cm³/mol. The molecule has 0 atom stereocenters. The first kappa shape index (κ1) is 18.8. The van der Waals surface area contributed by atoms with Crippen molar-refractivity contribution in [3.05, 3.63) is 78.1 Å². The second kappa shape index (κ2) is 8.60. The van der Waals surface area contributed by atoms with Gasteiger partial charge in [-0.1, -0.05) is 6.07 Å². The Labute approximate surface area is 163 Å². The highest BCUT2D eigenvalue weighted by Gasteiger charge is 2.12. The number of hydrogen-bond acceptors (Lipinski definition) is 4. The summed E-state index contributed by atoms with van der Waals surface area (Å²) in [6.07, 6.45) is 3.42. The molecule has 3 rings (SSSR count). The van der Waals surface area contributed by atoms with Gasteiger partial charge in [-0.15, -0.1) is 0 Å². The number of nitriles is 1. The standard InChI is InChI=1S/C22H19N3O3/c1-27-20-10-8-18(9-11-20)25-12-4-6-19(25)13-16(15-23)22(26)24-17-5-3-7-21(14-17)28-2/h3-14H,1-2H3,(H,24,26). The number of amides is 1. The van der Waals surface area contributed by atoms with E-state index in [2.05, 4.69) is 5.32 Å². The average Bonchev–Trinajstić information content (AvgIpc) is 3.20. The number of ether oxygens (including phenoxy) is 2. The number of benzene rings is 2. The summed E-state index contributed by atoms with van der Waals surface area (Å²) in [5.74, 6) is 0.885. The minimum absolute atomic E-state index is 0.00344. The fourth-order valence-corrected chi connectivity index (χ4v) is 2.69. The Kier molecular flexibility index (Phi) is 5.78. The Morgan fingerprint density at radius 2 is 1.79 bits per heavy atom. The zero-order chi connectivity index (χ0) is 19.9. The molecule has 0 bridgehead atoms. The molecule has 140 valence electrons. The van der Waals surface area contributed by atoms with E-state index >= 15 is 0 Å². The Bertz CT molecular complexity index is 1040. The van der Waals surface area contributed by atoms with Gasteiger partial charge in [0.25, 0.3) is 5.91 Å². The molecular formula is C22H19N3O3. The molecule has 0 radical (unpaired) electrons. The van der Waals surface area contributed by atoms with Crippen LogP contribution in [0.5, 0.6) is 11.5 Å². The SMILES string of the molecule is COc1ccc(-n2cccc2C=C(C#N)C(=O)Nc2cccc(OC)c2)cc1. The maximum Gasteiger partial charge on any atom is 0.266 e. The lowest BCUT2D eigenvalue weighted by Crippen LogP contribution is -2.13. The van der Waals surface area contributed by atoms with E-state index in [1.807, 2.05) is 53.2 Å². The van der Waals surface area contributed by atoms with Gasteiger partial charge in [-0.05, 0) is 54.6 Å². The lowest BCUT2D eigenvalue weighted by atomic mass is 10.2. The number of nitrogens with one attached hydrogen (secondary N) is 1. The first-order valence-corrected chi connectivity index (χ1v) is 8.53. The van der Waals surface area contributed by atoms with Crippen molar-refractivity contribution in [2.75, 3.05) is 19.5 Å². The molecule has 6 heteroatoms. The highest BCUT2D eigenvalue weighted by molar-refractivity contribution is 6.09. The highest BCUT2D eigenvalue weighted by Crippen LogP contribution is 2.20. The summed E-state index contributed by atoms with van der Waals surface area (Å²) in [7, 11) is 3.16. The van der Waals surface area contributed by atoms with Gasteiger partial charge in [-0.3, -0.25) is 4.79 Å². The predicted octanol–water partition coefficient (Wildman–Crippen LogP) is 4.04. The third kappa shape index (κ3) is 4.22. The van der Waals surface area contributed by atoms with Crippen LogP contribution in [0.15, 0.2) is 72.4 Å². The molecule has 2 aromatic carbocycles. The molecule has 0 fully saturated rings. The number of carbonyl (C=O) groups is 1. The van der Waals surface area contributed by atoms with Gasteiger partial charge in [0.15, 0.2) is 0 Å². The number of anilines is 1. The van der Waals surface area contributed by atoms with E-state index in [1.54, 1.807) is 44.6 Å². The van der Waals surface area contributed by atoms with E-state index in [-0.39, 0.29) is 5.57 Å². The van der Waals surface area contributed by atoms with Gasteiger partial charge in [0.1, 0.15) is 23.1 Å². The fraction of sp³-hybridized carbons (Fsp3) is 0.0909. The Morgan fingerprint density at radius 3 is 2.46 bits per heavy atom. The van der Waals surface area contributed by atoms with Gasteiger partial charge in [-0.25, -0.2) is 0 Å². The van der Waals surface area contributed by atoms with Crippen LogP contribution >= 0.6 is 0 Å². The number of carbonyl (C=O) groups excluding carboxylic acids is 1. The van der Waals surface area contributed by atoms with Gasteiger partial charge in [0.2, 0.25) is 0 Å². The smallest absolute Gasteiger partial charge is 0.266 e. The first-order chi connectivity index (χ1) is 13.6. The summed E-state index contributed by atoms with van der Waals surface area (Å²) < 4.78 is 12.2. The molecule has 1 heterocycles. The summed E-state index contributed by atoms with van der Waals surface area (Å²) in [6, 6.07) is 20.1. The molecule has 0 spiro atoms. The van der Waals surface area contributed by atoms with E-state index in [1.165, 1.54) is 0 Å². The van der Waals surface area contributed by atoms with E-state index in [0.29, 0.717) is 17.1 Å². The van der Waals surface area contributed by atoms with Crippen molar-refractivity contribution in [1.29, 1.82) is 5.26 Å². The number of hydrogen-bond donors (Lipinski definition) is 1. The van der Waals surface area contributed by atoms with Crippen molar-refractivity contribution >= 4 is 17.7 Å². The lowest BCUT2D eigenvalue weighted by Gasteiger charge is -2.09. The van der Waals surface area contributed by atoms with Crippen LogP contribution in [0.1, 0.15) is 5.69 Å². The third-order valence-electron chi connectivity index (χ3n) is 4.12. The van der Waals surface area contributed by atoms with Crippen LogP contribution in [0.25, 0.3) is 11.8 Å². The maximum atomic E-state index is 12.5. The van der Waals surface area contributed by atoms with Crippen LogP contribution in [-0.2, 0) is 4.79 Å². The zero-order valence-electron chi connectivity index (χ0n) is 15.5. The molecule has 28 heavy (non-hydrogen) atoms. The van der Waals surface area contributed by atoms with Gasteiger partial charge in [-0.2, -0.15) is 5.26 Å². The van der Waals surface area contributed by atoms with Gasteiger partial charge >= 0.3 is 0 Å². The number of nitrogens with zero attached hydrogens (tertiary/aromatic N) is 2. The van der Waals surface area contributed by atoms with E-state index in [4.69, 9.17) is 9.47 Å². The second-order valence-electron chi connectivity index (χ2n) is 5.86. The Hall–Kier alpha value is -3.98. The van der Waals surface area contributed by atoms with Crippen LogP contribution in [0.2, 0.25) is 0 Å². The monoisotopic (exact) mass is 373 g/mol. The topological polar surface area (TPSA) is 76.3 Å². The average molecular weight is 373 g/mol. The van der Waals surface area contributed by atoms with Crippen LogP contribution in [-0.4, -0.2) is 24.7 Å². The normalized spacial score (nSPS) is 10.8. The van der Waals surface area contributed by atoms with Crippen molar-refractivity contribution in [3.8, 4) is 23.3 Å². The molecule has 0 saturated carbocycles. The van der Waals surface area contributed by atoms with Gasteiger partial charge in [0.05, 0.1) is 14.2 Å². The van der Waals surface area contributed by atoms with E-state index in [9.17, 15) is 10.1 Å². The quantitative estimate of drug-likeness (QED) is 0.523. The maximum absolute atomic E-state index is 12.5. The van der Waals surface area contributed by atoms with Crippen molar-refractivity contribution in [2.24, 2.45) is 0 Å². The Balaban J connectivity index is 1.85. The van der Waals surface area contributed by atoms with Crippen molar-refractivity contribution in [2.45, 2.75) is 0 Å². The van der Waals surface area contributed by atoms with Crippen molar-refractivity contribution in [1.82, 2.24) is 4.57 Å². The molecule has 0 unspecified atom stereocenters. The van der Waals surface area contributed by atoms with E-state index in [0.717, 1.165) is 11.4 Å². The molecule has 0 aliphatic heterocycles. The van der Waals surface area contributed by atoms with E-state index < -0.39 is 5.91 Å². The first-order valence-electron chi connectivity index (χ1n) is 8.53. The number of methoxy groups -OCH3 is 2. The molecule has 0 aliphatic rings. The number of aromatic nitrogens is 1. The zero-order valence-corrected chi connectivity index (χ0v) is 15.5. The van der Waals surface area contributed by atoms with Crippen LogP contribution in [0, 0.1) is 11.3 Å². The van der Waals surface area contributed by atoms with Crippen LogP contribution in [0.4, 0.5) is 5.69 Å². The largest absolute Gasteiger partial charge is 0.497 e. The molecule has 1 aromatic heterocycles. The van der Waals surface area contributed by atoms with Crippen LogP contribution < -0.4 is 14.8 Å². The highest BCUT2D eigenvalue weighted by atomic mass is 16.5. The summed E-state index contributed by atoms with van der Waals surface area (Å²) in [5.41, 5.74) is 2.15. The molecule has 0 saturated heterocycles. The fourth-order valence-electron chi connectivity index (χ4n) is 2.69. The molecule has 6 nitrogen and oxygen atoms in total. The second-order valence-corrected chi connectivity index (χ2v) is 5.86. The third-order valence-corrected chi connectivity index (χ3v) is 4.12.